The topological polar surface area (TPSA) is 48.1 Å². The highest BCUT2D eigenvalue weighted by atomic mass is 19.2. The van der Waals surface area contributed by atoms with Gasteiger partial charge >= 0.3 is 0 Å². The molecule has 0 amide bonds. The third-order valence-corrected chi connectivity index (χ3v) is 2.50. The van der Waals surface area contributed by atoms with Crippen LogP contribution in [0.3, 0.4) is 0 Å². The van der Waals surface area contributed by atoms with Crippen LogP contribution in [0.15, 0.2) is 30.3 Å². The van der Waals surface area contributed by atoms with Crippen molar-refractivity contribution in [2.24, 2.45) is 5.73 Å². The van der Waals surface area contributed by atoms with E-state index in [4.69, 9.17) is 10.5 Å². The first kappa shape index (κ1) is 12.4. The third-order valence-electron chi connectivity index (χ3n) is 2.50. The summed E-state index contributed by atoms with van der Waals surface area (Å²) in [6, 6.07) is 6.75. The van der Waals surface area contributed by atoms with E-state index in [0.717, 1.165) is 23.4 Å². The van der Waals surface area contributed by atoms with Crippen molar-refractivity contribution in [1.29, 1.82) is 0 Å². The Morgan fingerprint density at radius 3 is 2.56 bits per heavy atom. The van der Waals surface area contributed by atoms with Crippen LogP contribution in [0.4, 0.5) is 8.78 Å². The molecule has 0 aliphatic rings. The van der Waals surface area contributed by atoms with Crippen LogP contribution in [-0.2, 0) is 6.54 Å². The Morgan fingerprint density at radius 1 is 1.17 bits per heavy atom. The number of halogens is 2. The molecule has 18 heavy (non-hydrogen) atoms. The zero-order valence-electron chi connectivity index (χ0n) is 9.78. The first-order chi connectivity index (χ1) is 8.60. The Hall–Kier alpha value is -2.01. The SMILES string of the molecule is Cc1nc(Oc2ccc(F)c(F)c2)ccc1CN. The van der Waals surface area contributed by atoms with Crippen molar-refractivity contribution < 1.29 is 13.5 Å². The normalized spacial score (nSPS) is 10.4. The van der Waals surface area contributed by atoms with E-state index in [1.54, 1.807) is 19.1 Å². The van der Waals surface area contributed by atoms with Crippen molar-refractivity contribution in [2.75, 3.05) is 0 Å². The van der Waals surface area contributed by atoms with Crippen LogP contribution in [-0.4, -0.2) is 4.98 Å². The van der Waals surface area contributed by atoms with Gasteiger partial charge in [-0.1, -0.05) is 6.07 Å². The van der Waals surface area contributed by atoms with Gasteiger partial charge in [0.2, 0.25) is 5.88 Å². The maximum atomic E-state index is 13.0. The second kappa shape index (κ2) is 5.10. The fourth-order valence-electron chi connectivity index (χ4n) is 1.50. The predicted molar refractivity (Wildman–Crippen MR) is 63.3 cm³/mol. The van der Waals surface area contributed by atoms with Crippen LogP contribution in [0.25, 0.3) is 0 Å². The summed E-state index contributed by atoms with van der Waals surface area (Å²) in [6.07, 6.45) is 0. The number of nitrogens with two attached hydrogens (primary N) is 1. The van der Waals surface area contributed by atoms with E-state index < -0.39 is 11.6 Å². The Labute approximate surface area is 103 Å². The number of hydrogen-bond donors (Lipinski definition) is 1. The van der Waals surface area contributed by atoms with Gasteiger partial charge in [-0.3, -0.25) is 0 Å². The fourth-order valence-corrected chi connectivity index (χ4v) is 1.50. The molecule has 0 bridgehead atoms. The fraction of sp³-hybridized carbons (Fsp3) is 0.154. The summed E-state index contributed by atoms with van der Waals surface area (Å²) in [6.45, 7) is 2.20. The number of rotatable bonds is 3. The van der Waals surface area contributed by atoms with E-state index in [1.165, 1.54) is 6.07 Å². The zero-order chi connectivity index (χ0) is 13.1. The molecule has 1 aromatic heterocycles. The number of ether oxygens (including phenoxy) is 1. The average molecular weight is 250 g/mol. The highest BCUT2D eigenvalue weighted by Crippen LogP contribution is 2.22. The summed E-state index contributed by atoms with van der Waals surface area (Å²) in [7, 11) is 0. The van der Waals surface area contributed by atoms with Crippen molar-refractivity contribution in [2.45, 2.75) is 13.5 Å². The van der Waals surface area contributed by atoms with E-state index in [1.807, 2.05) is 0 Å². The molecule has 5 heteroatoms. The standard InChI is InChI=1S/C13H12F2N2O/c1-8-9(7-16)2-5-13(17-8)18-10-3-4-11(14)12(15)6-10/h2-6H,7,16H2,1H3. The smallest absolute Gasteiger partial charge is 0.219 e. The summed E-state index contributed by atoms with van der Waals surface area (Å²) in [5, 5.41) is 0. The number of hydrogen-bond acceptors (Lipinski definition) is 3. The Bertz CT molecular complexity index is 573. The molecule has 0 spiro atoms. The van der Waals surface area contributed by atoms with Crippen LogP contribution >= 0.6 is 0 Å². The molecule has 0 unspecified atom stereocenters. The van der Waals surface area contributed by atoms with Gasteiger partial charge in [-0.05, 0) is 24.6 Å². The molecule has 2 aromatic rings. The van der Waals surface area contributed by atoms with Crippen molar-refractivity contribution in [3.8, 4) is 11.6 Å². The van der Waals surface area contributed by atoms with Crippen molar-refractivity contribution in [3.63, 3.8) is 0 Å². The van der Waals surface area contributed by atoms with Crippen LogP contribution in [0.5, 0.6) is 11.6 Å². The summed E-state index contributed by atoms with van der Waals surface area (Å²) >= 11 is 0. The van der Waals surface area contributed by atoms with Gasteiger partial charge in [0.05, 0.1) is 0 Å². The Balaban J connectivity index is 2.23. The molecule has 1 aromatic carbocycles. The maximum absolute atomic E-state index is 13.0. The molecule has 0 saturated heterocycles. The maximum Gasteiger partial charge on any atom is 0.219 e. The van der Waals surface area contributed by atoms with E-state index in [-0.39, 0.29) is 5.75 Å². The number of nitrogens with zero attached hydrogens (tertiary/aromatic N) is 1. The third kappa shape index (κ3) is 2.62. The van der Waals surface area contributed by atoms with Crippen molar-refractivity contribution >= 4 is 0 Å². The quantitative estimate of drug-likeness (QED) is 0.911. The summed E-state index contributed by atoms with van der Waals surface area (Å²) in [4.78, 5) is 4.17. The number of benzene rings is 1. The van der Waals surface area contributed by atoms with Gasteiger partial charge < -0.3 is 10.5 Å². The van der Waals surface area contributed by atoms with Gasteiger partial charge in [-0.15, -0.1) is 0 Å². The van der Waals surface area contributed by atoms with Gasteiger partial charge in [0.1, 0.15) is 5.75 Å². The molecule has 0 fully saturated rings. The van der Waals surface area contributed by atoms with Crippen molar-refractivity contribution in [1.82, 2.24) is 4.98 Å². The van der Waals surface area contributed by atoms with Gasteiger partial charge in [-0.25, -0.2) is 13.8 Å². The molecule has 0 saturated carbocycles. The molecule has 0 aliphatic carbocycles. The lowest BCUT2D eigenvalue weighted by atomic mass is 10.2. The largest absolute Gasteiger partial charge is 0.439 e. The highest BCUT2D eigenvalue weighted by Gasteiger charge is 2.06. The molecule has 0 radical (unpaired) electrons. The lowest BCUT2D eigenvalue weighted by Crippen LogP contribution is -2.01. The van der Waals surface area contributed by atoms with E-state index in [9.17, 15) is 8.78 Å². The van der Waals surface area contributed by atoms with Gasteiger partial charge in [0.15, 0.2) is 11.6 Å². The van der Waals surface area contributed by atoms with Crippen molar-refractivity contribution in [3.05, 3.63) is 53.2 Å². The van der Waals surface area contributed by atoms with Crippen LogP contribution in [0.2, 0.25) is 0 Å². The molecule has 0 atom stereocenters. The van der Waals surface area contributed by atoms with Gasteiger partial charge in [0, 0.05) is 24.4 Å². The monoisotopic (exact) mass is 250 g/mol. The first-order valence-corrected chi connectivity index (χ1v) is 5.39. The first-order valence-electron chi connectivity index (χ1n) is 5.39. The Kier molecular flexibility index (Phi) is 3.53. The van der Waals surface area contributed by atoms with E-state index in [2.05, 4.69) is 4.98 Å². The van der Waals surface area contributed by atoms with E-state index in [0.29, 0.717) is 12.4 Å². The number of aryl methyl sites for hydroxylation is 1. The second-order valence-electron chi connectivity index (χ2n) is 3.78. The molecular weight excluding hydrogens is 238 g/mol. The van der Waals surface area contributed by atoms with Gasteiger partial charge in [-0.2, -0.15) is 0 Å². The predicted octanol–water partition coefficient (Wildman–Crippen LogP) is 2.92. The summed E-state index contributed by atoms with van der Waals surface area (Å²) in [5.74, 6) is -1.36. The highest BCUT2D eigenvalue weighted by molar-refractivity contribution is 5.30. The molecule has 2 N–H and O–H groups in total. The van der Waals surface area contributed by atoms with Gasteiger partial charge in [0.25, 0.3) is 0 Å². The van der Waals surface area contributed by atoms with E-state index >= 15 is 0 Å². The minimum absolute atomic E-state index is 0.196. The lowest BCUT2D eigenvalue weighted by molar-refractivity contribution is 0.446. The van der Waals surface area contributed by atoms with Crippen LogP contribution in [0.1, 0.15) is 11.3 Å². The molecule has 3 nitrogen and oxygen atoms in total. The molecule has 1 heterocycles. The Morgan fingerprint density at radius 2 is 1.94 bits per heavy atom. The zero-order valence-corrected chi connectivity index (χ0v) is 9.78. The minimum atomic E-state index is -0.956. The number of pyridine rings is 1. The second-order valence-corrected chi connectivity index (χ2v) is 3.78. The molecule has 94 valence electrons. The lowest BCUT2D eigenvalue weighted by Gasteiger charge is -2.07. The summed E-state index contributed by atoms with van der Waals surface area (Å²) in [5.41, 5.74) is 7.18. The molecule has 0 aliphatic heterocycles. The molecule has 2 rings (SSSR count). The average Bonchev–Trinajstić information content (AvgIpc) is 2.34. The van der Waals surface area contributed by atoms with Crippen LogP contribution in [0, 0.1) is 18.6 Å². The minimum Gasteiger partial charge on any atom is -0.439 e. The molecular formula is C13H12F2N2O. The summed E-state index contributed by atoms with van der Waals surface area (Å²) < 4.78 is 31.1. The number of aromatic nitrogens is 1. The van der Waals surface area contributed by atoms with Crippen LogP contribution < -0.4 is 10.5 Å².